The molecule has 0 aliphatic rings. The largest absolute Gasteiger partial charge is 0.508 e. The van der Waals surface area contributed by atoms with Crippen LogP contribution < -0.4 is 5.73 Å². The Morgan fingerprint density at radius 2 is 1.79 bits per heavy atom. The van der Waals surface area contributed by atoms with Gasteiger partial charge in [0.1, 0.15) is 5.75 Å². The number of halogens is 4. The number of benzene rings is 1. The SMILES string of the molecule is Cl.NCc1cc(O)cc(C(F)(F)F)c1. The quantitative estimate of drug-likeness (QED) is 0.773. The summed E-state index contributed by atoms with van der Waals surface area (Å²) in [7, 11) is 0. The second kappa shape index (κ2) is 4.52. The van der Waals surface area contributed by atoms with Gasteiger partial charge in [0.2, 0.25) is 0 Å². The van der Waals surface area contributed by atoms with Crippen molar-refractivity contribution in [1.82, 2.24) is 0 Å². The zero-order chi connectivity index (χ0) is 10.1. The summed E-state index contributed by atoms with van der Waals surface area (Å²) < 4.78 is 36.4. The lowest BCUT2D eigenvalue weighted by Crippen LogP contribution is -2.06. The molecule has 0 aliphatic carbocycles. The van der Waals surface area contributed by atoms with Crippen LogP contribution in [0.4, 0.5) is 13.2 Å². The normalized spacial score (nSPS) is 10.9. The summed E-state index contributed by atoms with van der Waals surface area (Å²) in [6, 6.07) is 2.79. The average molecular weight is 228 g/mol. The van der Waals surface area contributed by atoms with Crippen LogP contribution in [0.15, 0.2) is 18.2 Å². The first-order chi connectivity index (χ1) is 5.93. The lowest BCUT2D eigenvalue weighted by atomic mass is 10.1. The zero-order valence-corrected chi connectivity index (χ0v) is 7.82. The first-order valence-corrected chi connectivity index (χ1v) is 3.53. The van der Waals surface area contributed by atoms with Crippen LogP contribution in [-0.2, 0) is 12.7 Å². The summed E-state index contributed by atoms with van der Waals surface area (Å²) in [5.41, 5.74) is 4.53. The molecule has 0 spiro atoms. The third-order valence-electron chi connectivity index (χ3n) is 1.54. The molecule has 1 aromatic rings. The number of phenolic OH excluding ortho intramolecular Hbond substituents is 1. The molecule has 0 aromatic heterocycles. The van der Waals surface area contributed by atoms with E-state index in [2.05, 4.69) is 0 Å². The van der Waals surface area contributed by atoms with Crippen LogP contribution in [0.3, 0.4) is 0 Å². The van der Waals surface area contributed by atoms with Crippen molar-refractivity contribution in [3.8, 4) is 5.75 Å². The van der Waals surface area contributed by atoms with Crippen molar-refractivity contribution in [1.29, 1.82) is 0 Å². The fraction of sp³-hybridized carbons (Fsp3) is 0.250. The van der Waals surface area contributed by atoms with E-state index in [1.54, 1.807) is 0 Å². The molecule has 2 nitrogen and oxygen atoms in total. The maximum atomic E-state index is 12.1. The summed E-state index contributed by atoms with van der Waals surface area (Å²) in [5.74, 6) is -0.421. The molecule has 0 atom stereocenters. The number of rotatable bonds is 1. The third-order valence-corrected chi connectivity index (χ3v) is 1.54. The summed E-state index contributed by atoms with van der Waals surface area (Å²) in [6.07, 6.45) is -4.44. The summed E-state index contributed by atoms with van der Waals surface area (Å²) in [4.78, 5) is 0. The molecular formula is C8H9ClF3NO. The second-order valence-electron chi connectivity index (χ2n) is 2.59. The highest BCUT2D eigenvalue weighted by molar-refractivity contribution is 5.85. The predicted octanol–water partition coefficient (Wildman–Crippen LogP) is 2.29. The highest BCUT2D eigenvalue weighted by atomic mass is 35.5. The Hall–Kier alpha value is -0.940. The van der Waals surface area contributed by atoms with Crippen molar-refractivity contribution in [3.63, 3.8) is 0 Å². The standard InChI is InChI=1S/C8H8F3NO.ClH/c9-8(10,11)6-1-5(4-12)2-7(13)3-6;/h1-3,13H,4,12H2;1H. The fourth-order valence-electron chi connectivity index (χ4n) is 0.956. The molecule has 80 valence electrons. The van der Waals surface area contributed by atoms with Gasteiger partial charge in [0.15, 0.2) is 0 Å². The highest BCUT2D eigenvalue weighted by Gasteiger charge is 2.31. The minimum Gasteiger partial charge on any atom is -0.508 e. The molecule has 0 aliphatic heterocycles. The Labute approximate surface area is 84.9 Å². The fourth-order valence-corrected chi connectivity index (χ4v) is 0.956. The Bertz CT molecular complexity index is 314. The van der Waals surface area contributed by atoms with Gasteiger partial charge in [0, 0.05) is 6.54 Å². The molecule has 3 N–H and O–H groups in total. The Balaban J connectivity index is 0.00000169. The van der Waals surface area contributed by atoms with E-state index in [1.165, 1.54) is 6.07 Å². The molecule has 0 heterocycles. The number of phenols is 1. The number of hydrogen-bond donors (Lipinski definition) is 2. The molecule has 0 fully saturated rings. The molecule has 0 amide bonds. The van der Waals surface area contributed by atoms with Gasteiger partial charge in [-0.3, -0.25) is 0 Å². The number of aromatic hydroxyl groups is 1. The molecule has 14 heavy (non-hydrogen) atoms. The van der Waals surface area contributed by atoms with Crippen molar-refractivity contribution in [3.05, 3.63) is 29.3 Å². The summed E-state index contributed by atoms with van der Waals surface area (Å²) in [5, 5.41) is 8.93. The Morgan fingerprint density at radius 3 is 2.21 bits per heavy atom. The van der Waals surface area contributed by atoms with Gasteiger partial charge in [-0.05, 0) is 23.8 Å². The molecule has 0 bridgehead atoms. The van der Waals surface area contributed by atoms with Gasteiger partial charge in [-0.25, -0.2) is 0 Å². The molecule has 1 aromatic carbocycles. The second-order valence-corrected chi connectivity index (χ2v) is 2.59. The van der Waals surface area contributed by atoms with Crippen LogP contribution >= 0.6 is 12.4 Å². The molecule has 1 rings (SSSR count). The number of nitrogens with two attached hydrogens (primary N) is 1. The van der Waals surface area contributed by atoms with E-state index in [0.717, 1.165) is 6.07 Å². The first-order valence-electron chi connectivity index (χ1n) is 3.53. The van der Waals surface area contributed by atoms with Crippen molar-refractivity contribution in [2.75, 3.05) is 0 Å². The zero-order valence-electron chi connectivity index (χ0n) is 7.01. The maximum absolute atomic E-state index is 12.1. The molecule has 0 saturated heterocycles. The minimum absolute atomic E-state index is 0. The summed E-state index contributed by atoms with van der Waals surface area (Å²) in [6.45, 7) is -0.0303. The van der Waals surface area contributed by atoms with Gasteiger partial charge in [-0.1, -0.05) is 0 Å². The highest BCUT2D eigenvalue weighted by Crippen LogP contribution is 2.32. The van der Waals surface area contributed by atoms with E-state index in [0.29, 0.717) is 6.07 Å². The van der Waals surface area contributed by atoms with E-state index >= 15 is 0 Å². The lowest BCUT2D eigenvalue weighted by Gasteiger charge is -2.08. The lowest BCUT2D eigenvalue weighted by molar-refractivity contribution is -0.137. The van der Waals surface area contributed by atoms with Gasteiger partial charge >= 0.3 is 6.18 Å². The van der Waals surface area contributed by atoms with Crippen molar-refractivity contribution in [2.24, 2.45) is 5.73 Å². The van der Waals surface area contributed by atoms with Crippen molar-refractivity contribution >= 4 is 12.4 Å². The molecule has 6 heteroatoms. The minimum atomic E-state index is -4.44. The number of hydrogen-bond acceptors (Lipinski definition) is 2. The van der Waals surface area contributed by atoms with Gasteiger partial charge in [0.25, 0.3) is 0 Å². The summed E-state index contributed by atoms with van der Waals surface area (Å²) >= 11 is 0. The van der Waals surface area contributed by atoms with E-state index in [1.807, 2.05) is 0 Å². The topological polar surface area (TPSA) is 46.2 Å². The van der Waals surface area contributed by atoms with Crippen LogP contribution in [0.25, 0.3) is 0 Å². The molecular weight excluding hydrogens is 219 g/mol. The van der Waals surface area contributed by atoms with Crippen LogP contribution in [0, 0.1) is 0 Å². The molecule has 0 saturated carbocycles. The molecule has 0 radical (unpaired) electrons. The van der Waals surface area contributed by atoms with E-state index in [-0.39, 0.29) is 24.5 Å². The van der Waals surface area contributed by atoms with E-state index in [9.17, 15) is 13.2 Å². The smallest absolute Gasteiger partial charge is 0.416 e. The number of alkyl halides is 3. The third kappa shape index (κ3) is 3.08. The van der Waals surface area contributed by atoms with Gasteiger partial charge < -0.3 is 10.8 Å². The van der Waals surface area contributed by atoms with Crippen LogP contribution in [0.1, 0.15) is 11.1 Å². The van der Waals surface area contributed by atoms with E-state index < -0.39 is 17.5 Å². The van der Waals surface area contributed by atoms with Crippen molar-refractivity contribution < 1.29 is 18.3 Å². The monoisotopic (exact) mass is 227 g/mol. The van der Waals surface area contributed by atoms with Crippen molar-refractivity contribution in [2.45, 2.75) is 12.7 Å². The van der Waals surface area contributed by atoms with E-state index in [4.69, 9.17) is 10.8 Å². The van der Waals surface area contributed by atoms with Crippen LogP contribution in [-0.4, -0.2) is 5.11 Å². The average Bonchev–Trinajstić information content (AvgIpc) is 2.01. The van der Waals surface area contributed by atoms with Gasteiger partial charge in [-0.2, -0.15) is 13.2 Å². The predicted molar refractivity (Wildman–Crippen MR) is 48.2 cm³/mol. The Kier molecular flexibility index (Phi) is 4.22. The maximum Gasteiger partial charge on any atom is 0.416 e. The van der Waals surface area contributed by atoms with Crippen LogP contribution in [0.2, 0.25) is 0 Å². The molecule has 0 unspecified atom stereocenters. The van der Waals surface area contributed by atoms with Crippen LogP contribution in [0.5, 0.6) is 5.75 Å². The Morgan fingerprint density at radius 1 is 1.21 bits per heavy atom. The van der Waals surface area contributed by atoms with Gasteiger partial charge in [0.05, 0.1) is 5.56 Å². The first kappa shape index (κ1) is 13.1. The van der Waals surface area contributed by atoms with Gasteiger partial charge in [-0.15, -0.1) is 12.4 Å².